The summed E-state index contributed by atoms with van der Waals surface area (Å²) >= 11 is 1.52. The number of aromatic nitrogens is 3. The largest absolute Gasteiger partial charge is 0.396 e. The standard InChI is InChI=1S/C22H26N6O2S/c29-8-13-5-6-14(7-13)24-18-17(20-25-15-3-1-2-4-16(15)31-20)19(30)27-21(26-18)28-11-22(12-28)9-23-10-22/h1-4,13-14,23,29H,5-12H2,(H2,24,26,27,30)/t13?,14-/m0/s1. The van der Waals surface area contributed by atoms with Crippen LogP contribution >= 0.6 is 11.3 Å². The van der Waals surface area contributed by atoms with Crippen molar-refractivity contribution < 1.29 is 5.11 Å². The van der Waals surface area contributed by atoms with E-state index in [4.69, 9.17) is 9.97 Å². The van der Waals surface area contributed by atoms with E-state index >= 15 is 0 Å². The van der Waals surface area contributed by atoms with Crippen LogP contribution in [0.25, 0.3) is 20.8 Å². The Bertz CT molecular complexity index is 1150. The van der Waals surface area contributed by atoms with Crippen LogP contribution in [-0.4, -0.2) is 58.9 Å². The number of benzene rings is 1. The van der Waals surface area contributed by atoms with E-state index in [0.29, 0.717) is 33.7 Å². The van der Waals surface area contributed by atoms with Crippen molar-refractivity contribution in [2.75, 3.05) is 43.0 Å². The van der Waals surface area contributed by atoms with Gasteiger partial charge in [-0.25, -0.2) is 4.98 Å². The van der Waals surface area contributed by atoms with Crippen molar-refractivity contribution in [3.63, 3.8) is 0 Å². The van der Waals surface area contributed by atoms with E-state index in [0.717, 1.165) is 55.7 Å². The lowest BCUT2D eigenvalue weighted by molar-refractivity contribution is 0.119. The highest BCUT2D eigenvalue weighted by molar-refractivity contribution is 7.21. The first-order chi connectivity index (χ1) is 15.1. The predicted molar refractivity (Wildman–Crippen MR) is 123 cm³/mol. The molecule has 2 aliphatic heterocycles. The normalized spacial score (nSPS) is 24.4. The molecule has 31 heavy (non-hydrogen) atoms. The first-order valence-electron chi connectivity index (χ1n) is 11.0. The second-order valence-electron chi connectivity index (χ2n) is 9.26. The third kappa shape index (κ3) is 3.31. The van der Waals surface area contributed by atoms with E-state index in [-0.39, 0.29) is 18.2 Å². The highest BCUT2D eigenvalue weighted by atomic mass is 32.1. The lowest BCUT2D eigenvalue weighted by atomic mass is 9.75. The van der Waals surface area contributed by atoms with Gasteiger partial charge in [-0.05, 0) is 37.3 Å². The molecule has 8 nitrogen and oxygen atoms in total. The Morgan fingerprint density at radius 2 is 2.06 bits per heavy atom. The minimum atomic E-state index is -0.157. The van der Waals surface area contributed by atoms with Crippen LogP contribution in [-0.2, 0) is 0 Å². The molecule has 1 aliphatic carbocycles. The van der Waals surface area contributed by atoms with E-state index < -0.39 is 0 Å². The third-order valence-electron chi connectivity index (χ3n) is 6.91. The molecular formula is C22H26N6O2S. The van der Waals surface area contributed by atoms with Gasteiger partial charge in [-0.2, -0.15) is 4.98 Å². The van der Waals surface area contributed by atoms with Crippen molar-refractivity contribution in [3.8, 4) is 10.6 Å². The van der Waals surface area contributed by atoms with Gasteiger partial charge in [-0.3, -0.25) is 9.78 Å². The molecule has 2 saturated heterocycles. The SMILES string of the molecule is O=c1[nH]c(N2CC3(CNC3)C2)nc(N[C@H]2CCC(CO)C2)c1-c1nc2ccccc2s1. The summed E-state index contributed by atoms with van der Waals surface area (Å²) in [5.74, 6) is 1.55. The number of nitrogens with one attached hydrogen (secondary N) is 3. The van der Waals surface area contributed by atoms with Crippen molar-refractivity contribution in [1.82, 2.24) is 20.3 Å². The van der Waals surface area contributed by atoms with Crippen LogP contribution in [0, 0.1) is 11.3 Å². The number of rotatable bonds is 5. The highest BCUT2D eigenvalue weighted by Crippen LogP contribution is 2.38. The first kappa shape index (κ1) is 19.2. The molecule has 0 radical (unpaired) electrons. The topological polar surface area (TPSA) is 106 Å². The molecule has 1 unspecified atom stereocenters. The number of fused-ring (bicyclic) bond motifs is 1. The van der Waals surface area contributed by atoms with Crippen LogP contribution < -0.4 is 21.1 Å². The molecule has 3 aliphatic rings. The zero-order valence-corrected chi connectivity index (χ0v) is 18.0. The maximum atomic E-state index is 13.3. The number of hydrogen-bond acceptors (Lipinski definition) is 8. The Kier molecular flexibility index (Phi) is 4.52. The lowest BCUT2D eigenvalue weighted by Crippen LogP contribution is -2.71. The van der Waals surface area contributed by atoms with Gasteiger partial charge >= 0.3 is 0 Å². The van der Waals surface area contributed by atoms with Crippen LogP contribution in [0.15, 0.2) is 29.1 Å². The van der Waals surface area contributed by atoms with E-state index in [9.17, 15) is 9.90 Å². The number of aromatic amines is 1. The minimum Gasteiger partial charge on any atom is -0.396 e. The Hall–Kier alpha value is -2.49. The van der Waals surface area contributed by atoms with Crippen LogP contribution in [0.5, 0.6) is 0 Å². The highest BCUT2D eigenvalue weighted by Gasteiger charge is 2.48. The Morgan fingerprint density at radius 1 is 1.23 bits per heavy atom. The lowest BCUT2D eigenvalue weighted by Gasteiger charge is -2.56. The molecular weight excluding hydrogens is 412 g/mol. The number of nitrogens with zero attached hydrogens (tertiary/aromatic N) is 3. The van der Waals surface area contributed by atoms with Gasteiger partial charge in [0.05, 0.1) is 10.2 Å². The summed E-state index contributed by atoms with van der Waals surface area (Å²) < 4.78 is 1.05. The van der Waals surface area contributed by atoms with Gasteiger partial charge in [0.1, 0.15) is 16.4 Å². The molecule has 6 rings (SSSR count). The molecule has 2 atom stereocenters. The number of thiazole rings is 1. The number of aliphatic hydroxyl groups excluding tert-OH is 1. The molecule has 0 bridgehead atoms. The van der Waals surface area contributed by atoms with Gasteiger partial charge in [-0.15, -0.1) is 11.3 Å². The fourth-order valence-electron chi connectivity index (χ4n) is 5.07. The summed E-state index contributed by atoms with van der Waals surface area (Å²) in [4.78, 5) is 28.0. The van der Waals surface area contributed by atoms with Crippen LogP contribution in [0.4, 0.5) is 11.8 Å². The average Bonchev–Trinajstić information content (AvgIpc) is 3.32. The summed E-state index contributed by atoms with van der Waals surface area (Å²) in [6, 6.07) is 8.13. The smallest absolute Gasteiger partial charge is 0.264 e. The number of H-pyrrole nitrogens is 1. The van der Waals surface area contributed by atoms with E-state index in [1.54, 1.807) is 0 Å². The van der Waals surface area contributed by atoms with Crippen molar-refractivity contribution in [2.24, 2.45) is 11.3 Å². The molecule has 4 heterocycles. The Morgan fingerprint density at radius 3 is 2.77 bits per heavy atom. The predicted octanol–water partition coefficient (Wildman–Crippen LogP) is 2.03. The van der Waals surface area contributed by atoms with Gasteiger partial charge in [0.2, 0.25) is 5.95 Å². The molecule has 3 fully saturated rings. The maximum Gasteiger partial charge on any atom is 0.264 e. The molecule has 4 N–H and O–H groups in total. The van der Waals surface area contributed by atoms with Crippen molar-refractivity contribution in [3.05, 3.63) is 34.6 Å². The molecule has 2 aromatic heterocycles. The fraction of sp³-hybridized carbons (Fsp3) is 0.500. The zero-order valence-electron chi connectivity index (χ0n) is 17.2. The van der Waals surface area contributed by atoms with Crippen molar-refractivity contribution in [2.45, 2.75) is 25.3 Å². The first-order valence-corrected chi connectivity index (χ1v) is 11.8. The molecule has 0 amide bonds. The van der Waals surface area contributed by atoms with Gasteiger partial charge < -0.3 is 20.6 Å². The quantitative estimate of drug-likeness (QED) is 0.483. The number of anilines is 2. The van der Waals surface area contributed by atoms with Gasteiger partial charge in [0.15, 0.2) is 0 Å². The second-order valence-corrected chi connectivity index (χ2v) is 10.3. The molecule has 1 spiro atoms. The van der Waals surface area contributed by atoms with Gasteiger partial charge in [-0.1, -0.05) is 12.1 Å². The average molecular weight is 439 g/mol. The van der Waals surface area contributed by atoms with Crippen LogP contribution in [0.3, 0.4) is 0 Å². The molecule has 1 aromatic carbocycles. The van der Waals surface area contributed by atoms with Crippen molar-refractivity contribution >= 4 is 33.3 Å². The minimum absolute atomic E-state index is 0.157. The molecule has 9 heteroatoms. The summed E-state index contributed by atoms with van der Waals surface area (Å²) in [7, 11) is 0. The molecule has 162 valence electrons. The van der Waals surface area contributed by atoms with Gasteiger partial charge in [0, 0.05) is 44.2 Å². The maximum absolute atomic E-state index is 13.3. The summed E-state index contributed by atoms with van der Waals surface area (Å²) in [5, 5.41) is 17.1. The van der Waals surface area contributed by atoms with Crippen LogP contribution in [0.1, 0.15) is 19.3 Å². The van der Waals surface area contributed by atoms with Gasteiger partial charge in [0.25, 0.3) is 5.56 Å². The van der Waals surface area contributed by atoms with E-state index in [2.05, 4.69) is 20.5 Å². The number of aliphatic hydroxyl groups is 1. The Balaban J connectivity index is 1.38. The van der Waals surface area contributed by atoms with E-state index in [1.165, 1.54) is 11.3 Å². The van der Waals surface area contributed by atoms with Crippen molar-refractivity contribution in [1.29, 1.82) is 0 Å². The number of hydrogen-bond donors (Lipinski definition) is 4. The second kappa shape index (κ2) is 7.29. The zero-order chi connectivity index (χ0) is 21.0. The summed E-state index contributed by atoms with van der Waals surface area (Å²) in [6.07, 6.45) is 2.84. The third-order valence-corrected chi connectivity index (χ3v) is 7.96. The fourth-order valence-corrected chi connectivity index (χ4v) is 6.08. The summed E-state index contributed by atoms with van der Waals surface area (Å²) in [6.45, 7) is 4.11. The molecule has 3 aromatic rings. The molecule has 1 saturated carbocycles. The van der Waals surface area contributed by atoms with Crippen LogP contribution in [0.2, 0.25) is 0 Å². The Labute approximate surface area is 183 Å². The monoisotopic (exact) mass is 438 g/mol. The van der Waals surface area contributed by atoms with E-state index in [1.807, 2.05) is 24.3 Å². The number of para-hydroxylation sites is 1. The summed E-state index contributed by atoms with van der Waals surface area (Å²) in [5.41, 5.74) is 1.59.